The monoisotopic (exact) mass is 204 g/mol. The van der Waals surface area contributed by atoms with Crippen molar-refractivity contribution >= 4 is 11.0 Å². The van der Waals surface area contributed by atoms with E-state index >= 15 is 0 Å². The first-order chi connectivity index (χ1) is 7.29. The van der Waals surface area contributed by atoms with Crippen LogP contribution in [0, 0.1) is 0 Å². The Bertz CT molecular complexity index is 514. The molecule has 0 aliphatic carbocycles. The Balaban J connectivity index is 2.39. The fourth-order valence-corrected chi connectivity index (χ4v) is 1.36. The first-order valence-electron chi connectivity index (χ1n) is 4.96. The van der Waals surface area contributed by atoms with E-state index in [2.05, 4.69) is 6.92 Å². The van der Waals surface area contributed by atoms with Crippen LogP contribution >= 0.6 is 0 Å². The Morgan fingerprint density at radius 2 is 2.13 bits per heavy atom. The van der Waals surface area contributed by atoms with Crippen LogP contribution in [0.3, 0.4) is 0 Å². The van der Waals surface area contributed by atoms with Gasteiger partial charge in [-0.05, 0) is 30.7 Å². The Labute approximate surface area is 87.3 Å². The maximum atomic E-state index is 10.9. The highest BCUT2D eigenvalue weighted by molar-refractivity contribution is 5.77. The summed E-state index contributed by atoms with van der Waals surface area (Å²) in [6.07, 6.45) is 0.974. The van der Waals surface area contributed by atoms with Gasteiger partial charge in [0.2, 0.25) is 0 Å². The average Bonchev–Trinajstić information content (AvgIpc) is 2.26. The molecule has 0 saturated heterocycles. The second kappa shape index (κ2) is 4.17. The number of hydrogen-bond donors (Lipinski definition) is 0. The fraction of sp³-hybridized carbons (Fsp3) is 0.250. The van der Waals surface area contributed by atoms with Gasteiger partial charge in [-0.1, -0.05) is 6.92 Å². The molecule has 15 heavy (non-hydrogen) atoms. The molecule has 0 fully saturated rings. The number of hydrogen-bond acceptors (Lipinski definition) is 3. The molecule has 0 aliphatic rings. The van der Waals surface area contributed by atoms with Crippen molar-refractivity contribution in [2.24, 2.45) is 0 Å². The lowest BCUT2D eigenvalue weighted by molar-refractivity contribution is 0.317. The summed E-state index contributed by atoms with van der Waals surface area (Å²) in [5.41, 5.74) is 0.260. The predicted molar refractivity (Wildman–Crippen MR) is 58.3 cm³/mol. The van der Waals surface area contributed by atoms with Crippen LogP contribution in [0.5, 0.6) is 5.75 Å². The summed E-state index contributed by atoms with van der Waals surface area (Å²) in [5.74, 6) is 0.804. The first kappa shape index (κ1) is 9.77. The fourth-order valence-electron chi connectivity index (χ4n) is 1.36. The van der Waals surface area contributed by atoms with E-state index in [1.165, 1.54) is 6.07 Å². The minimum atomic E-state index is -0.329. The SMILES string of the molecule is CCCOc1ccc2oc(=O)ccc2c1. The summed E-state index contributed by atoms with van der Waals surface area (Å²) in [4.78, 5) is 10.9. The predicted octanol–water partition coefficient (Wildman–Crippen LogP) is 2.58. The van der Waals surface area contributed by atoms with Crippen LogP contribution in [-0.4, -0.2) is 6.61 Å². The van der Waals surface area contributed by atoms with Gasteiger partial charge in [0.1, 0.15) is 11.3 Å². The second-order valence-electron chi connectivity index (χ2n) is 3.30. The lowest BCUT2D eigenvalue weighted by Crippen LogP contribution is -1.96. The van der Waals surface area contributed by atoms with Crippen LogP contribution in [0.25, 0.3) is 11.0 Å². The highest BCUT2D eigenvalue weighted by atomic mass is 16.5. The molecule has 2 aromatic rings. The third-order valence-corrected chi connectivity index (χ3v) is 2.06. The molecule has 1 heterocycles. The number of rotatable bonds is 3. The van der Waals surface area contributed by atoms with Gasteiger partial charge in [-0.25, -0.2) is 4.79 Å². The maximum absolute atomic E-state index is 10.9. The topological polar surface area (TPSA) is 39.4 Å². The maximum Gasteiger partial charge on any atom is 0.336 e. The molecule has 0 saturated carbocycles. The van der Waals surface area contributed by atoms with Crippen molar-refractivity contribution in [3.05, 3.63) is 40.8 Å². The Kier molecular flexibility index (Phi) is 2.72. The summed E-state index contributed by atoms with van der Waals surface area (Å²) in [6, 6.07) is 8.57. The molecule has 1 aromatic heterocycles. The second-order valence-corrected chi connectivity index (χ2v) is 3.30. The molecule has 0 unspecified atom stereocenters. The molecular formula is C12H12O3. The Morgan fingerprint density at radius 1 is 1.27 bits per heavy atom. The molecule has 0 N–H and O–H groups in total. The summed E-state index contributed by atoms with van der Waals surface area (Å²) in [7, 11) is 0. The summed E-state index contributed by atoms with van der Waals surface area (Å²) in [6.45, 7) is 2.75. The van der Waals surface area contributed by atoms with Gasteiger partial charge in [0.25, 0.3) is 0 Å². The quantitative estimate of drug-likeness (QED) is 0.721. The average molecular weight is 204 g/mol. The van der Waals surface area contributed by atoms with Crippen molar-refractivity contribution in [3.8, 4) is 5.75 Å². The zero-order valence-electron chi connectivity index (χ0n) is 8.53. The first-order valence-corrected chi connectivity index (χ1v) is 4.96. The zero-order valence-corrected chi connectivity index (χ0v) is 8.53. The standard InChI is InChI=1S/C12H12O3/c1-2-7-14-10-4-5-11-9(8-10)3-6-12(13)15-11/h3-6,8H,2,7H2,1H3. The van der Waals surface area contributed by atoms with Crippen LogP contribution in [0.2, 0.25) is 0 Å². The molecule has 0 aliphatic heterocycles. The summed E-state index contributed by atoms with van der Waals surface area (Å²) < 4.78 is 10.5. The van der Waals surface area contributed by atoms with E-state index in [1.54, 1.807) is 18.2 Å². The smallest absolute Gasteiger partial charge is 0.336 e. The van der Waals surface area contributed by atoms with E-state index in [9.17, 15) is 4.79 Å². The Morgan fingerprint density at radius 3 is 2.93 bits per heavy atom. The van der Waals surface area contributed by atoms with Gasteiger partial charge in [0, 0.05) is 11.5 Å². The highest BCUT2D eigenvalue weighted by Crippen LogP contribution is 2.19. The van der Waals surface area contributed by atoms with Crippen LogP contribution in [-0.2, 0) is 0 Å². The molecular weight excluding hydrogens is 192 g/mol. The van der Waals surface area contributed by atoms with E-state index in [4.69, 9.17) is 9.15 Å². The molecule has 3 heteroatoms. The molecule has 2 rings (SSSR count). The molecule has 0 spiro atoms. The molecule has 0 amide bonds. The van der Waals surface area contributed by atoms with Crippen molar-refractivity contribution in [2.45, 2.75) is 13.3 Å². The van der Waals surface area contributed by atoms with E-state index in [0.717, 1.165) is 17.6 Å². The largest absolute Gasteiger partial charge is 0.494 e. The van der Waals surface area contributed by atoms with Gasteiger partial charge in [0.05, 0.1) is 6.61 Å². The van der Waals surface area contributed by atoms with Gasteiger partial charge in [0.15, 0.2) is 0 Å². The zero-order chi connectivity index (χ0) is 10.7. The van der Waals surface area contributed by atoms with Gasteiger partial charge < -0.3 is 9.15 Å². The van der Waals surface area contributed by atoms with Crippen LogP contribution in [0.4, 0.5) is 0 Å². The van der Waals surface area contributed by atoms with Gasteiger partial charge >= 0.3 is 5.63 Å². The van der Waals surface area contributed by atoms with E-state index < -0.39 is 0 Å². The van der Waals surface area contributed by atoms with Crippen molar-refractivity contribution < 1.29 is 9.15 Å². The van der Waals surface area contributed by atoms with E-state index in [1.807, 2.05) is 6.07 Å². The van der Waals surface area contributed by atoms with Gasteiger partial charge in [-0.3, -0.25) is 0 Å². The lowest BCUT2D eigenvalue weighted by Gasteiger charge is -2.04. The minimum Gasteiger partial charge on any atom is -0.494 e. The minimum absolute atomic E-state index is 0.329. The molecule has 0 bridgehead atoms. The van der Waals surface area contributed by atoms with Gasteiger partial charge in [-0.15, -0.1) is 0 Å². The van der Waals surface area contributed by atoms with Crippen molar-refractivity contribution in [3.63, 3.8) is 0 Å². The van der Waals surface area contributed by atoms with Crippen LogP contribution in [0.15, 0.2) is 39.5 Å². The Hall–Kier alpha value is -1.77. The summed E-state index contributed by atoms with van der Waals surface area (Å²) in [5, 5.41) is 0.878. The molecule has 0 atom stereocenters. The lowest BCUT2D eigenvalue weighted by atomic mass is 10.2. The van der Waals surface area contributed by atoms with Crippen LogP contribution < -0.4 is 10.4 Å². The molecule has 0 radical (unpaired) electrons. The number of fused-ring (bicyclic) bond motifs is 1. The van der Waals surface area contributed by atoms with Crippen molar-refractivity contribution in [1.29, 1.82) is 0 Å². The van der Waals surface area contributed by atoms with Crippen molar-refractivity contribution in [1.82, 2.24) is 0 Å². The molecule has 3 nitrogen and oxygen atoms in total. The number of ether oxygens (including phenoxy) is 1. The third-order valence-electron chi connectivity index (χ3n) is 2.06. The highest BCUT2D eigenvalue weighted by Gasteiger charge is 1.99. The van der Waals surface area contributed by atoms with Crippen LogP contribution in [0.1, 0.15) is 13.3 Å². The van der Waals surface area contributed by atoms with E-state index in [-0.39, 0.29) is 5.63 Å². The summed E-state index contributed by atoms with van der Waals surface area (Å²) >= 11 is 0. The molecule has 78 valence electrons. The molecule has 1 aromatic carbocycles. The van der Waals surface area contributed by atoms with Gasteiger partial charge in [-0.2, -0.15) is 0 Å². The van der Waals surface area contributed by atoms with Crippen molar-refractivity contribution in [2.75, 3.05) is 6.61 Å². The number of benzene rings is 1. The third kappa shape index (κ3) is 2.18. The normalized spacial score (nSPS) is 10.5. The van der Waals surface area contributed by atoms with E-state index in [0.29, 0.717) is 12.2 Å².